The minimum Gasteiger partial charge on any atom is -0.365 e. The van der Waals surface area contributed by atoms with Crippen LogP contribution in [0.2, 0.25) is 0 Å². The van der Waals surface area contributed by atoms with E-state index in [1.807, 2.05) is 0 Å². The molecule has 1 fully saturated rings. The fraction of sp³-hybridized carbons (Fsp3) is 0.750. The lowest BCUT2D eigenvalue weighted by atomic mass is 9.97. The van der Waals surface area contributed by atoms with Crippen LogP contribution in [0.25, 0.3) is 0 Å². The third kappa shape index (κ3) is 1.80. The number of likely N-dealkylation sites (tertiary alicyclic amines) is 1. The Morgan fingerprint density at radius 1 is 1.46 bits per heavy atom. The Morgan fingerprint density at radius 2 is 2.15 bits per heavy atom. The predicted octanol–water partition coefficient (Wildman–Crippen LogP) is 0.461. The zero-order valence-electron chi connectivity index (χ0n) is 7.73. The van der Waals surface area contributed by atoms with Crippen LogP contribution in [0.5, 0.6) is 0 Å². The second-order valence-electron chi connectivity index (χ2n) is 3.57. The maximum absolute atomic E-state index is 5.39. The number of piperidine rings is 1. The fourth-order valence-corrected chi connectivity index (χ4v) is 1.67. The predicted molar refractivity (Wildman–Crippen MR) is 48.2 cm³/mol. The first-order valence-electron chi connectivity index (χ1n) is 4.53. The van der Waals surface area contributed by atoms with Gasteiger partial charge in [0.25, 0.3) is 5.95 Å². The summed E-state index contributed by atoms with van der Waals surface area (Å²) >= 11 is 0. The van der Waals surface area contributed by atoms with Crippen molar-refractivity contribution in [3.63, 3.8) is 0 Å². The summed E-state index contributed by atoms with van der Waals surface area (Å²) in [6.45, 7) is 2.18. The third-order valence-corrected chi connectivity index (χ3v) is 2.53. The molecular formula is C8H14N4O. The van der Waals surface area contributed by atoms with Crippen molar-refractivity contribution >= 4 is 5.95 Å². The summed E-state index contributed by atoms with van der Waals surface area (Å²) in [6, 6.07) is 0. The summed E-state index contributed by atoms with van der Waals surface area (Å²) in [4.78, 5) is 6.34. The van der Waals surface area contributed by atoms with Gasteiger partial charge in [0.2, 0.25) is 5.89 Å². The van der Waals surface area contributed by atoms with E-state index in [9.17, 15) is 0 Å². The standard InChI is InChI=1S/C8H14N4O/c1-12-4-2-6(3-5-12)7-10-8(9)11-13-7/h6H,2-5H2,1H3,(H2,9,11). The Bertz CT molecular complexity index is 277. The Morgan fingerprint density at radius 3 is 2.69 bits per heavy atom. The van der Waals surface area contributed by atoms with Crippen LogP contribution in [0.15, 0.2) is 4.52 Å². The van der Waals surface area contributed by atoms with Crippen LogP contribution >= 0.6 is 0 Å². The van der Waals surface area contributed by atoms with Crippen molar-refractivity contribution in [2.24, 2.45) is 0 Å². The number of nitrogen functional groups attached to an aromatic ring is 1. The van der Waals surface area contributed by atoms with E-state index in [1.165, 1.54) is 0 Å². The Kier molecular flexibility index (Phi) is 2.18. The molecule has 1 aromatic heterocycles. The summed E-state index contributed by atoms with van der Waals surface area (Å²) in [6.07, 6.45) is 2.16. The van der Waals surface area contributed by atoms with E-state index in [4.69, 9.17) is 10.3 Å². The molecule has 72 valence electrons. The quantitative estimate of drug-likeness (QED) is 0.683. The third-order valence-electron chi connectivity index (χ3n) is 2.53. The molecule has 1 saturated heterocycles. The van der Waals surface area contributed by atoms with Gasteiger partial charge in [-0.1, -0.05) is 0 Å². The molecule has 13 heavy (non-hydrogen) atoms. The first kappa shape index (κ1) is 8.50. The summed E-state index contributed by atoms with van der Waals surface area (Å²) in [5, 5.41) is 3.59. The summed E-state index contributed by atoms with van der Waals surface area (Å²) < 4.78 is 5.03. The zero-order valence-corrected chi connectivity index (χ0v) is 7.73. The molecule has 5 nitrogen and oxygen atoms in total. The molecule has 5 heteroatoms. The van der Waals surface area contributed by atoms with Gasteiger partial charge in [-0.25, -0.2) is 0 Å². The highest BCUT2D eigenvalue weighted by molar-refractivity contribution is 5.12. The summed E-state index contributed by atoms with van der Waals surface area (Å²) in [5.41, 5.74) is 5.39. The molecular weight excluding hydrogens is 168 g/mol. The molecule has 1 aliphatic heterocycles. The van der Waals surface area contributed by atoms with Gasteiger partial charge < -0.3 is 15.2 Å². The van der Waals surface area contributed by atoms with Crippen molar-refractivity contribution in [3.05, 3.63) is 5.89 Å². The normalized spacial score (nSPS) is 20.7. The van der Waals surface area contributed by atoms with Crippen LogP contribution < -0.4 is 5.73 Å². The minimum atomic E-state index is 0.244. The number of anilines is 1. The van der Waals surface area contributed by atoms with E-state index in [2.05, 4.69) is 22.1 Å². The van der Waals surface area contributed by atoms with Crippen LogP contribution in [-0.4, -0.2) is 35.2 Å². The van der Waals surface area contributed by atoms with Gasteiger partial charge in [-0.15, -0.1) is 0 Å². The lowest BCUT2D eigenvalue weighted by Gasteiger charge is -2.26. The van der Waals surface area contributed by atoms with Crippen molar-refractivity contribution in [2.75, 3.05) is 25.9 Å². The zero-order chi connectivity index (χ0) is 9.26. The van der Waals surface area contributed by atoms with Crippen LogP contribution in [0.4, 0.5) is 5.95 Å². The van der Waals surface area contributed by atoms with Gasteiger partial charge >= 0.3 is 0 Å². The molecule has 1 aliphatic rings. The van der Waals surface area contributed by atoms with Crippen LogP contribution in [0.1, 0.15) is 24.7 Å². The highest BCUT2D eigenvalue weighted by Gasteiger charge is 2.22. The summed E-state index contributed by atoms with van der Waals surface area (Å²) in [7, 11) is 2.12. The Balaban J connectivity index is 2.02. The van der Waals surface area contributed by atoms with E-state index in [1.54, 1.807) is 0 Å². The average molecular weight is 182 g/mol. The topological polar surface area (TPSA) is 68.2 Å². The van der Waals surface area contributed by atoms with Crippen LogP contribution in [0.3, 0.4) is 0 Å². The number of nitrogens with zero attached hydrogens (tertiary/aromatic N) is 3. The molecule has 0 unspecified atom stereocenters. The SMILES string of the molecule is CN1CCC(c2nc(N)no2)CC1. The first-order chi connectivity index (χ1) is 6.25. The molecule has 2 rings (SSSR count). The maximum Gasteiger partial charge on any atom is 0.260 e. The first-order valence-corrected chi connectivity index (χ1v) is 4.53. The molecule has 0 aliphatic carbocycles. The van der Waals surface area contributed by atoms with Crippen molar-refractivity contribution in [1.29, 1.82) is 0 Å². The molecule has 0 atom stereocenters. The van der Waals surface area contributed by atoms with Gasteiger partial charge in [-0.05, 0) is 38.1 Å². The van der Waals surface area contributed by atoms with Crippen molar-refractivity contribution in [1.82, 2.24) is 15.0 Å². The number of hydrogen-bond acceptors (Lipinski definition) is 5. The van der Waals surface area contributed by atoms with Gasteiger partial charge in [-0.2, -0.15) is 4.98 Å². The lowest BCUT2D eigenvalue weighted by Crippen LogP contribution is -2.29. The molecule has 2 N–H and O–H groups in total. The van der Waals surface area contributed by atoms with E-state index >= 15 is 0 Å². The van der Waals surface area contributed by atoms with Gasteiger partial charge in [0, 0.05) is 5.92 Å². The highest BCUT2D eigenvalue weighted by Crippen LogP contribution is 2.25. The monoisotopic (exact) mass is 182 g/mol. The molecule has 0 aromatic carbocycles. The maximum atomic E-state index is 5.39. The lowest BCUT2D eigenvalue weighted by molar-refractivity contribution is 0.227. The van der Waals surface area contributed by atoms with E-state index < -0.39 is 0 Å². The van der Waals surface area contributed by atoms with Gasteiger partial charge in [-0.3, -0.25) is 0 Å². The molecule has 0 spiro atoms. The van der Waals surface area contributed by atoms with E-state index in [0.717, 1.165) is 25.9 Å². The molecule has 1 aromatic rings. The molecule has 0 amide bonds. The van der Waals surface area contributed by atoms with Crippen LogP contribution in [-0.2, 0) is 0 Å². The fourth-order valence-electron chi connectivity index (χ4n) is 1.67. The molecule has 0 radical (unpaired) electrons. The number of rotatable bonds is 1. The number of nitrogens with two attached hydrogens (primary N) is 1. The van der Waals surface area contributed by atoms with Crippen LogP contribution in [0, 0.1) is 0 Å². The second kappa shape index (κ2) is 3.33. The van der Waals surface area contributed by atoms with Crippen molar-refractivity contribution in [2.45, 2.75) is 18.8 Å². The van der Waals surface area contributed by atoms with E-state index in [-0.39, 0.29) is 5.95 Å². The van der Waals surface area contributed by atoms with Gasteiger partial charge in [0.1, 0.15) is 0 Å². The number of aromatic nitrogens is 2. The van der Waals surface area contributed by atoms with Crippen molar-refractivity contribution < 1.29 is 4.52 Å². The molecule has 0 bridgehead atoms. The smallest absolute Gasteiger partial charge is 0.260 e. The number of hydrogen-bond donors (Lipinski definition) is 1. The van der Waals surface area contributed by atoms with Crippen molar-refractivity contribution in [3.8, 4) is 0 Å². The molecule has 2 heterocycles. The summed E-state index contributed by atoms with van der Waals surface area (Å²) in [5.74, 6) is 1.35. The van der Waals surface area contributed by atoms with Gasteiger partial charge in [0.05, 0.1) is 0 Å². The Hall–Kier alpha value is -1.10. The minimum absolute atomic E-state index is 0.244. The van der Waals surface area contributed by atoms with Gasteiger partial charge in [0.15, 0.2) is 0 Å². The average Bonchev–Trinajstić information content (AvgIpc) is 2.53. The largest absolute Gasteiger partial charge is 0.365 e. The second-order valence-corrected chi connectivity index (χ2v) is 3.57. The van der Waals surface area contributed by atoms with E-state index in [0.29, 0.717) is 11.8 Å². The Labute approximate surface area is 76.9 Å². The molecule has 0 saturated carbocycles. The highest BCUT2D eigenvalue weighted by atomic mass is 16.5.